The quantitative estimate of drug-likeness (QED) is 0.439. The summed E-state index contributed by atoms with van der Waals surface area (Å²) in [6.07, 6.45) is 1.55. The molecule has 26 heavy (non-hydrogen) atoms. The molecule has 0 bridgehead atoms. The van der Waals surface area contributed by atoms with Crippen molar-refractivity contribution in [2.75, 3.05) is 0 Å². The van der Waals surface area contributed by atoms with Crippen molar-refractivity contribution < 1.29 is 4.92 Å². The summed E-state index contributed by atoms with van der Waals surface area (Å²) in [6.45, 7) is 0. The molecule has 0 spiro atoms. The molecule has 0 saturated carbocycles. The fourth-order valence-corrected chi connectivity index (χ4v) is 2.96. The summed E-state index contributed by atoms with van der Waals surface area (Å²) < 4.78 is 1.37. The monoisotopic (exact) mass is 366 g/mol. The van der Waals surface area contributed by atoms with Crippen molar-refractivity contribution in [1.82, 2.24) is 14.8 Å². The van der Waals surface area contributed by atoms with E-state index in [-0.39, 0.29) is 11.2 Å². The first kappa shape index (κ1) is 16.0. The molecule has 4 rings (SSSR count). The zero-order valence-corrected chi connectivity index (χ0v) is 14.0. The van der Waals surface area contributed by atoms with Gasteiger partial charge in [0.15, 0.2) is 5.65 Å². The number of aromatic amines is 1. The lowest BCUT2D eigenvalue weighted by atomic mass is 10.0. The summed E-state index contributed by atoms with van der Waals surface area (Å²) in [5, 5.41) is 14.9. The first-order valence-corrected chi connectivity index (χ1v) is 8.03. The van der Waals surface area contributed by atoms with Gasteiger partial charge in [0.05, 0.1) is 16.0 Å². The van der Waals surface area contributed by atoms with E-state index in [1.165, 1.54) is 16.8 Å². The predicted octanol–water partition coefficient (Wildman–Crippen LogP) is 3.94. The van der Waals surface area contributed by atoms with E-state index in [4.69, 9.17) is 11.6 Å². The van der Waals surface area contributed by atoms with Gasteiger partial charge in [-0.05, 0) is 35.9 Å². The van der Waals surface area contributed by atoms with Crippen molar-refractivity contribution in [3.63, 3.8) is 0 Å². The van der Waals surface area contributed by atoms with Gasteiger partial charge in [-0.15, -0.1) is 0 Å². The standard InChI is InChI=1S/C18H11ClN4O3/c19-12-4-6-13(7-5-12)22-18(24)16-15(8-9-20-17(16)21-22)11-2-1-3-14(10-11)23(25)26/h1-10H,(H,20,21). The van der Waals surface area contributed by atoms with Gasteiger partial charge < -0.3 is 0 Å². The Morgan fingerprint density at radius 1 is 1.12 bits per heavy atom. The molecule has 2 aromatic carbocycles. The number of aromatic nitrogens is 3. The van der Waals surface area contributed by atoms with Crippen molar-refractivity contribution in [1.29, 1.82) is 0 Å². The lowest BCUT2D eigenvalue weighted by molar-refractivity contribution is -0.384. The molecule has 7 nitrogen and oxygen atoms in total. The Bertz CT molecular complexity index is 1200. The third kappa shape index (κ3) is 2.64. The molecule has 2 aromatic heterocycles. The van der Waals surface area contributed by atoms with E-state index in [1.807, 2.05) is 0 Å². The fraction of sp³-hybridized carbons (Fsp3) is 0. The van der Waals surface area contributed by atoms with Gasteiger partial charge in [0.2, 0.25) is 0 Å². The summed E-state index contributed by atoms with van der Waals surface area (Å²) in [5.41, 5.74) is 1.83. The highest BCUT2D eigenvalue weighted by Gasteiger charge is 2.16. The highest BCUT2D eigenvalue weighted by Crippen LogP contribution is 2.28. The van der Waals surface area contributed by atoms with Crippen LogP contribution in [0.4, 0.5) is 5.69 Å². The van der Waals surface area contributed by atoms with Crippen molar-refractivity contribution in [2.24, 2.45) is 0 Å². The lowest BCUT2D eigenvalue weighted by Gasteiger charge is -2.02. The molecule has 0 aliphatic rings. The molecule has 0 saturated heterocycles. The number of benzene rings is 2. The van der Waals surface area contributed by atoms with E-state index < -0.39 is 4.92 Å². The zero-order chi connectivity index (χ0) is 18.3. The molecule has 0 amide bonds. The van der Waals surface area contributed by atoms with Crippen LogP contribution >= 0.6 is 11.6 Å². The van der Waals surface area contributed by atoms with Gasteiger partial charge in [-0.25, -0.2) is 9.67 Å². The lowest BCUT2D eigenvalue weighted by Crippen LogP contribution is -2.14. The number of fused-ring (bicyclic) bond motifs is 1. The molecule has 0 radical (unpaired) electrons. The largest absolute Gasteiger partial charge is 0.281 e. The second-order valence-electron chi connectivity index (χ2n) is 5.62. The van der Waals surface area contributed by atoms with E-state index in [2.05, 4.69) is 10.1 Å². The molecular formula is C18H11ClN4O3. The minimum absolute atomic E-state index is 0.0407. The molecule has 4 aromatic rings. The number of non-ortho nitro benzene ring substituents is 1. The number of hydrogen-bond donors (Lipinski definition) is 1. The summed E-state index contributed by atoms with van der Waals surface area (Å²) in [7, 11) is 0. The number of H-pyrrole nitrogens is 1. The van der Waals surface area contributed by atoms with Gasteiger partial charge in [-0.1, -0.05) is 23.7 Å². The van der Waals surface area contributed by atoms with Crippen LogP contribution < -0.4 is 5.56 Å². The third-order valence-corrected chi connectivity index (χ3v) is 4.29. The maximum absolute atomic E-state index is 13.0. The van der Waals surface area contributed by atoms with Crippen molar-refractivity contribution in [3.05, 3.63) is 86.3 Å². The van der Waals surface area contributed by atoms with Crippen LogP contribution in [0.3, 0.4) is 0 Å². The van der Waals surface area contributed by atoms with Gasteiger partial charge in [0, 0.05) is 28.9 Å². The molecule has 0 aliphatic carbocycles. The average molecular weight is 367 g/mol. The molecular weight excluding hydrogens is 356 g/mol. The Hall–Kier alpha value is -3.45. The molecule has 2 heterocycles. The second-order valence-corrected chi connectivity index (χ2v) is 6.05. The van der Waals surface area contributed by atoms with E-state index >= 15 is 0 Å². The van der Waals surface area contributed by atoms with Crippen molar-refractivity contribution in [3.8, 4) is 16.8 Å². The topological polar surface area (TPSA) is 93.8 Å². The van der Waals surface area contributed by atoms with E-state index in [9.17, 15) is 14.9 Å². The van der Waals surface area contributed by atoms with Crippen LogP contribution in [0.5, 0.6) is 0 Å². The van der Waals surface area contributed by atoms with Crippen LogP contribution in [0.1, 0.15) is 0 Å². The van der Waals surface area contributed by atoms with E-state index in [0.29, 0.717) is 32.9 Å². The van der Waals surface area contributed by atoms with Crippen molar-refractivity contribution in [2.45, 2.75) is 0 Å². The van der Waals surface area contributed by atoms with Crippen LogP contribution in [0.15, 0.2) is 65.6 Å². The van der Waals surface area contributed by atoms with Crippen LogP contribution in [0, 0.1) is 10.1 Å². The summed E-state index contributed by atoms with van der Waals surface area (Å²) in [4.78, 5) is 27.7. The first-order valence-electron chi connectivity index (χ1n) is 7.65. The Morgan fingerprint density at radius 3 is 2.62 bits per heavy atom. The van der Waals surface area contributed by atoms with E-state index in [1.54, 1.807) is 48.7 Å². The van der Waals surface area contributed by atoms with Gasteiger partial charge in [-0.2, -0.15) is 0 Å². The normalized spacial score (nSPS) is 11.0. The highest BCUT2D eigenvalue weighted by molar-refractivity contribution is 6.30. The van der Waals surface area contributed by atoms with Gasteiger partial charge in [0.1, 0.15) is 0 Å². The maximum atomic E-state index is 13.0. The van der Waals surface area contributed by atoms with E-state index in [0.717, 1.165) is 0 Å². The summed E-state index contributed by atoms with van der Waals surface area (Å²) in [5.74, 6) is 0. The number of halogens is 1. The minimum atomic E-state index is -0.467. The fourth-order valence-electron chi connectivity index (χ4n) is 2.83. The number of nitrogens with one attached hydrogen (secondary N) is 1. The summed E-state index contributed by atoms with van der Waals surface area (Å²) >= 11 is 5.90. The Kier molecular flexibility index (Phi) is 3.78. The van der Waals surface area contributed by atoms with Crippen LogP contribution in [0.2, 0.25) is 5.02 Å². The molecule has 1 N–H and O–H groups in total. The molecule has 0 atom stereocenters. The number of nitrogens with zero attached hydrogens (tertiary/aromatic N) is 3. The van der Waals surface area contributed by atoms with Crippen LogP contribution in [0.25, 0.3) is 27.8 Å². The Morgan fingerprint density at radius 2 is 1.88 bits per heavy atom. The molecule has 0 unspecified atom stereocenters. The van der Waals surface area contributed by atoms with Gasteiger partial charge >= 0.3 is 0 Å². The SMILES string of the molecule is O=c1c2c(-c3cccc([N+](=O)[O-])c3)ccnc2[nH]n1-c1ccc(Cl)cc1. The van der Waals surface area contributed by atoms with Gasteiger partial charge in [0.25, 0.3) is 11.2 Å². The Labute approximate surface area is 151 Å². The molecule has 128 valence electrons. The smallest absolute Gasteiger partial charge is 0.274 e. The van der Waals surface area contributed by atoms with Crippen molar-refractivity contribution >= 4 is 28.3 Å². The second kappa shape index (κ2) is 6.12. The maximum Gasteiger partial charge on any atom is 0.281 e. The highest BCUT2D eigenvalue weighted by atomic mass is 35.5. The molecule has 8 heteroatoms. The van der Waals surface area contributed by atoms with Crippen LogP contribution in [-0.2, 0) is 0 Å². The summed E-state index contributed by atoms with van der Waals surface area (Å²) in [6, 6.07) is 14.6. The first-order chi connectivity index (χ1) is 12.5. The Balaban J connectivity index is 1.95. The zero-order valence-electron chi connectivity index (χ0n) is 13.2. The molecule has 0 aliphatic heterocycles. The number of hydrogen-bond acceptors (Lipinski definition) is 4. The van der Waals surface area contributed by atoms with Crippen LogP contribution in [-0.4, -0.2) is 19.7 Å². The number of nitro groups is 1. The molecule has 0 fully saturated rings. The number of nitro benzene ring substituents is 1. The number of rotatable bonds is 3. The minimum Gasteiger partial charge on any atom is -0.274 e. The van der Waals surface area contributed by atoms with Gasteiger partial charge in [-0.3, -0.25) is 20.0 Å². The predicted molar refractivity (Wildman–Crippen MR) is 98.8 cm³/mol. The third-order valence-electron chi connectivity index (χ3n) is 4.04. The number of pyridine rings is 1. The average Bonchev–Trinajstić information content (AvgIpc) is 2.99.